The number of alkyl halides is 5. The minimum atomic E-state index is -4.81. The van der Waals surface area contributed by atoms with Gasteiger partial charge in [0.1, 0.15) is 0 Å². The average molecular weight is 213 g/mol. The standard InChI is InChI=1S/C6H2F5N2O/c7-5(8)14-3-1-2-12-4(13-3)6(9,10)11/h1,5H. The Morgan fingerprint density at radius 2 is 2.00 bits per heavy atom. The second kappa shape index (κ2) is 3.72. The second-order valence-electron chi connectivity index (χ2n) is 2.04. The molecule has 0 fully saturated rings. The number of rotatable bonds is 2. The van der Waals surface area contributed by atoms with Crippen LogP contribution in [0.25, 0.3) is 0 Å². The van der Waals surface area contributed by atoms with E-state index in [0.717, 1.165) is 0 Å². The summed E-state index contributed by atoms with van der Waals surface area (Å²) in [4.78, 5) is 5.45. The molecule has 0 unspecified atom stereocenters. The Morgan fingerprint density at radius 3 is 2.50 bits per heavy atom. The van der Waals surface area contributed by atoms with Crippen molar-refractivity contribution in [2.24, 2.45) is 0 Å². The number of ether oxygens (including phenoxy) is 1. The highest BCUT2D eigenvalue weighted by molar-refractivity contribution is 5.08. The molecule has 77 valence electrons. The molecule has 3 nitrogen and oxygen atoms in total. The van der Waals surface area contributed by atoms with Crippen molar-refractivity contribution < 1.29 is 26.7 Å². The van der Waals surface area contributed by atoms with Gasteiger partial charge in [-0.2, -0.15) is 26.9 Å². The zero-order valence-corrected chi connectivity index (χ0v) is 6.35. The molecule has 0 spiro atoms. The molecule has 1 aromatic heterocycles. The first kappa shape index (κ1) is 10.6. The molecule has 0 aromatic carbocycles. The van der Waals surface area contributed by atoms with Crippen molar-refractivity contribution in [2.45, 2.75) is 12.8 Å². The fraction of sp³-hybridized carbons (Fsp3) is 0.333. The normalized spacial score (nSPS) is 11.9. The van der Waals surface area contributed by atoms with Crippen LogP contribution in [0.15, 0.2) is 6.07 Å². The van der Waals surface area contributed by atoms with Gasteiger partial charge in [0, 0.05) is 6.07 Å². The molecule has 1 rings (SSSR count). The van der Waals surface area contributed by atoms with E-state index in [4.69, 9.17) is 0 Å². The van der Waals surface area contributed by atoms with Crippen LogP contribution >= 0.6 is 0 Å². The first-order chi connectivity index (χ1) is 6.39. The summed E-state index contributed by atoms with van der Waals surface area (Å²) < 4.78 is 62.5. The molecule has 0 amide bonds. The number of aromatic nitrogens is 2. The Hall–Kier alpha value is -1.47. The summed E-state index contributed by atoms with van der Waals surface area (Å²) in [6, 6.07) is 0.682. The van der Waals surface area contributed by atoms with E-state index in [-0.39, 0.29) is 0 Å². The van der Waals surface area contributed by atoms with Crippen LogP contribution < -0.4 is 4.74 Å². The van der Waals surface area contributed by atoms with Gasteiger partial charge in [-0.05, 0) is 0 Å². The minimum Gasteiger partial charge on any atom is -0.417 e. The monoisotopic (exact) mass is 213 g/mol. The Morgan fingerprint density at radius 1 is 1.36 bits per heavy atom. The first-order valence-electron chi connectivity index (χ1n) is 3.16. The summed E-state index contributed by atoms with van der Waals surface area (Å²) in [5.74, 6) is -2.45. The van der Waals surface area contributed by atoms with Gasteiger partial charge in [0.2, 0.25) is 11.7 Å². The van der Waals surface area contributed by atoms with Crippen molar-refractivity contribution >= 4 is 0 Å². The Bertz CT molecular complexity index is 313. The molecular formula is C6H2F5N2O. The number of hydrogen-bond acceptors (Lipinski definition) is 3. The van der Waals surface area contributed by atoms with Crippen LogP contribution in [-0.4, -0.2) is 16.6 Å². The van der Waals surface area contributed by atoms with E-state index >= 15 is 0 Å². The molecule has 0 saturated carbocycles. The van der Waals surface area contributed by atoms with Crippen LogP contribution in [0.3, 0.4) is 0 Å². The van der Waals surface area contributed by atoms with E-state index in [1.165, 1.54) is 0 Å². The highest BCUT2D eigenvalue weighted by Crippen LogP contribution is 2.26. The second-order valence-corrected chi connectivity index (χ2v) is 2.04. The zero-order chi connectivity index (χ0) is 10.8. The molecular weight excluding hydrogens is 211 g/mol. The van der Waals surface area contributed by atoms with Crippen LogP contribution in [-0.2, 0) is 6.18 Å². The summed E-state index contributed by atoms with van der Waals surface area (Å²) >= 11 is 0. The van der Waals surface area contributed by atoms with Crippen molar-refractivity contribution in [3.63, 3.8) is 0 Å². The van der Waals surface area contributed by atoms with E-state index in [0.29, 0.717) is 6.07 Å². The van der Waals surface area contributed by atoms with E-state index in [1.807, 2.05) is 0 Å². The van der Waals surface area contributed by atoms with Crippen molar-refractivity contribution in [3.05, 3.63) is 18.1 Å². The Balaban J connectivity index is 2.90. The Labute approximate surface area is 74.5 Å². The number of halogens is 5. The quantitative estimate of drug-likeness (QED) is 0.703. The van der Waals surface area contributed by atoms with Gasteiger partial charge in [-0.15, -0.1) is 0 Å². The maximum atomic E-state index is 11.9. The average Bonchev–Trinajstić information content (AvgIpc) is 2.01. The van der Waals surface area contributed by atoms with Gasteiger partial charge in [-0.1, -0.05) is 0 Å². The molecule has 0 saturated heterocycles. The van der Waals surface area contributed by atoms with Crippen molar-refractivity contribution in [1.82, 2.24) is 9.97 Å². The molecule has 0 atom stereocenters. The highest BCUT2D eigenvalue weighted by atomic mass is 19.4. The molecule has 1 radical (unpaired) electrons. The van der Waals surface area contributed by atoms with Crippen molar-refractivity contribution in [2.75, 3.05) is 0 Å². The van der Waals surface area contributed by atoms with Gasteiger partial charge in [-0.3, -0.25) is 0 Å². The largest absolute Gasteiger partial charge is 0.451 e. The maximum absolute atomic E-state index is 11.9. The van der Waals surface area contributed by atoms with Gasteiger partial charge >= 0.3 is 12.8 Å². The van der Waals surface area contributed by atoms with Gasteiger partial charge in [-0.25, -0.2) is 4.98 Å². The number of hydrogen-bond donors (Lipinski definition) is 0. The summed E-state index contributed by atoms with van der Waals surface area (Å²) in [5.41, 5.74) is 0. The Kier molecular flexibility index (Phi) is 2.82. The topological polar surface area (TPSA) is 35.0 Å². The zero-order valence-electron chi connectivity index (χ0n) is 6.35. The molecule has 1 heterocycles. The summed E-state index contributed by atoms with van der Waals surface area (Å²) in [6.07, 6.45) is -3.06. The van der Waals surface area contributed by atoms with Crippen LogP contribution in [0.2, 0.25) is 0 Å². The van der Waals surface area contributed by atoms with Crippen LogP contribution in [0.1, 0.15) is 5.82 Å². The van der Waals surface area contributed by atoms with Crippen LogP contribution in [0, 0.1) is 6.20 Å². The van der Waals surface area contributed by atoms with E-state index < -0.39 is 24.5 Å². The lowest BCUT2D eigenvalue weighted by Gasteiger charge is -2.06. The molecule has 14 heavy (non-hydrogen) atoms. The fourth-order valence-corrected chi connectivity index (χ4v) is 0.589. The van der Waals surface area contributed by atoms with Crippen LogP contribution in [0.5, 0.6) is 5.88 Å². The third kappa shape index (κ3) is 2.79. The molecule has 8 heteroatoms. The smallest absolute Gasteiger partial charge is 0.417 e. The lowest BCUT2D eigenvalue weighted by Crippen LogP contribution is -2.13. The minimum absolute atomic E-state index is 0.682. The highest BCUT2D eigenvalue weighted by Gasteiger charge is 2.35. The molecule has 0 aliphatic carbocycles. The van der Waals surface area contributed by atoms with Gasteiger partial charge in [0.15, 0.2) is 0 Å². The van der Waals surface area contributed by atoms with Gasteiger partial charge in [0.05, 0.1) is 6.20 Å². The predicted molar refractivity (Wildman–Crippen MR) is 32.5 cm³/mol. The molecule has 0 bridgehead atoms. The van der Waals surface area contributed by atoms with E-state index in [9.17, 15) is 22.0 Å². The molecule has 0 N–H and O–H groups in total. The predicted octanol–water partition coefficient (Wildman–Crippen LogP) is 1.90. The van der Waals surface area contributed by atoms with E-state index in [2.05, 4.69) is 14.7 Å². The molecule has 0 aliphatic rings. The summed E-state index contributed by atoms with van der Waals surface area (Å²) in [7, 11) is 0. The lowest BCUT2D eigenvalue weighted by atomic mass is 10.5. The van der Waals surface area contributed by atoms with Crippen molar-refractivity contribution in [1.29, 1.82) is 0 Å². The van der Waals surface area contributed by atoms with Gasteiger partial charge < -0.3 is 4.74 Å². The fourth-order valence-electron chi connectivity index (χ4n) is 0.589. The van der Waals surface area contributed by atoms with Gasteiger partial charge in [0.25, 0.3) is 0 Å². The SMILES string of the molecule is FC(F)Oc1c[c]nc(C(F)(F)F)n1. The molecule has 1 aromatic rings. The first-order valence-corrected chi connectivity index (χ1v) is 3.16. The third-order valence-corrected chi connectivity index (χ3v) is 1.04. The summed E-state index contributed by atoms with van der Waals surface area (Å²) in [6.45, 7) is -3.24. The van der Waals surface area contributed by atoms with E-state index in [1.54, 1.807) is 6.20 Å². The van der Waals surface area contributed by atoms with Crippen molar-refractivity contribution in [3.8, 4) is 5.88 Å². The molecule has 0 aliphatic heterocycles. The lowest BCUT2D eigenvalue weighted by molar-refractivity contribution is -0.146. The summed E-state index contributed by atoms with van der Waals surface area (Å²) in [5, 5.41) is 0. The maximum Gasteiger partial charge on any atom is 0.451 e. The van der Waals surface area contributed by atoms with Crippen LogP contribution in [0.4, 0.5) is 22.0 Å². The third-order valence-electron chi connectivity index (χ3n) is 1.04. The number of nitrogens with zero attached hydrogens (tertiary/aromatic N) is 2.